The second kappa shape index (κ2) is 6.89. The third-order valence-electron chi connectivity index (χ3n) is 2.44. The molecule has 0 aromatic carbocycles. The lowest BCUT2D eigenvalue weighted by atomic mass is 10.3. The van der Waals surface area contributed by atoms with Crippen LogP contribution >= 0.6 is 0 Å². The number of nitrogens with one attached hydrogen (secondary N) is 2. The Bertz CT molecular complexity index is 436. The van der Waals surface area contributed by atoms with E-state index in [4.69, 9.17) is 5.11 Å². The van der Waals surface area contributed by atoms with Gasteiger partial charge in [0.25, 0.3) is 0 Å². The third kappa shape index (κ3) is 5.52. The maximum atomic E-state index is 10.8. The average Bonchev–Trinajstić information content (AvgIpc) is 2.27. The number of carbonyl (C=O) groups is 1. The minimum atomic E-state index is -0.918. The highest BCUT2D eigenvalue weighted by Gasteiger charge is 2.11. The van der Waals surface area contributed by atoms with Crippen LogP contribution in [0.4, 0.5) is 11.6 Å². The Labute approximate surface area is 113 Å². The Morgan fingerprint density at radius 2 is 2.05 bits per heavy atom. The Kier molecular flexibility index (Phi) is 5.50. The summed E-state index contributed by atoms with van der Waals surface area (Å²) < 4.78 is 0. The van der Waals surface area contributed by atoms with E-state index in [-0.39, 0.29) is 0 Å². The Morgan fingerprint density at radius 3 is 2.63 bits per heavy atom. The number of nitrogens with zero attached hydrogens (tertiary/aromatic N) is 3. The van der Waals surface area contributed by atoms with Gasteiger partial charge in [0, 0.05) is 19.2 Å². The van der Waals surface area contributed by atoms with Crippen LogP contribution in [0.3, 0.4) is 0 Å². The average molecular weight is 267 g/mol. The van der Waals surface area contributed by atoms with Gasteiger partial charge in [-0.1, -0.05) is 0 Å². The highest BCUT2D eigenvalue weighted by molar-refractivity contribution is 5.76. The van der Waals surface area contributed by atoms with Crippen LogP contribution in [0.15, 0.2) is 6.07 Å². The Hall–Kier alpha value is -1.89. The molecule has 1 atom stereocenters. The zero-order chi connectivity index (χ0) is 14.4. The van der Waals surface area contributed by atoms with Gasteiger partial charge in [-0.25, -0.2) is 9.97 Å². The standard InChI is InChI=1S/C12H21N5O2/c1-8(12(18)19)14-11-7-10(15-9(2)16-11)13-5-6-17(3)4/h7-8H,5-6H2,1-4H3,(H,18,19)(H2,13,14,15,16). The van der Waals surface area contributed by atoms with Gasteiger partial charge in [0.1, 0.15) is 23.5 Å². The number of carboxylic acid groups (broad SMARTS) is 1. The van der Waals surface area contributed by atoms with Gasteiger partial charge in [0.15, 0.2) is 0 Å². The maximum absolute atomic E-state index is 10.8. The molecule has 1 aromatic rings. The molecule has 1 rings (SSSR count). The fourth-order valence-corrected chi connectivity index (χ4v) is 1.42. The number of anilines is 2. The minimum absolute atomic E-state index is 0.509. The third-order valence-corrected chi connectivity index (χ3v) is 2.44. The summed E-state index contributed by atoms with van der Waals surface area (Å²) in [6.45, 7) is 4.99. The van der Waals surface area contributed by atoms with Crippen LogP contribution < -0.4 is 10.6 Å². The van der Waals surface area contributed by atoms with Crippen molar-refractivity contribution in [2.24, 2.45) is 0 Å². The largest absolute Gasteiger partial charge is 0.480 e. The summed E-state index contributed by atoms with van der Waals surface area (Å²) in [5.41, 5.74) is 0. The van der Waals surface area contributed by atoms with Gasteiger partial charge in [-0.15, -0.1) is 0 Å². The molecule has 0 amide bonds. The second-order valence-electron chi connectivity index (χ2n) is 4.62. The van der Waals surface area contributed by atoms with Crippen molar-refractivity contribution < 1.29 is 9.90 Å². The van der Waals surface area contributed by atoms with Crippen LogP contribution in [0.1, 0.15) is 12.7 Å². The van der Waals surface area contributed by atoms with E-state index >= 15 is 0 Å². The van der Waals surface area contributed by atoms with Gasteiger partial charge in [-0.3, -0.25) is 4.79 Å². The lowest BCUT2D eigenvalue weighted by molar-refractivity contribution is -0.137. The zero-order valence-corrected chi connectivity index (χ0v) is 11.8. The van der Waals surface area contributed by atoms with Crippen molar-refractivity contribution in [1.29, 1.82) is 0 Å². The molecule has 106 valence electrons. The van der Waals surface area contributed by atoms with Crippen molar-refractivity contribution in [2.45, 2.75) is 19.9 Å². The summed E-state index contributed by atoms with van der Waals surface area (Å²) in [5, 5.41) is 14.9. The first-order valence-electron chi connectivity index (χ1n) is 6.12. The predicted octanol–water partition coefficient (Wildman–Crippen LogP) is 0.644. The molecule has 0 fully saturated rings. The molecule has 0 saturated heterocycles. The van der Waals surface area contributed by atoms with Crippen molar-refractivity contribution in [3.63, 3.8) is 0 Å². The van der Waals surface area contributed by atoms with Gasteiger partial charge in [-0.2, -0.15) is 0 Å². The molecule has 0 aliphatic heterocycles. The molecule has 19 heavy (non-hydrogen) atoms. The molecule has 0 aliphatic carbocycles. The first-order chi connectivity index (χ1) is 8.88. The second-order valence-corrected chi connectivity index (χ2v) is 4.62. The first-order valence-corrected chi connectivity index (χ1v) is 6.12. The SMILES string of the molecule is Cc1nc(NCCN(C)C)cc(NC(C)C(=O)O)n1. The Balaban J connectivity index is 2.68. The lowest BCUT2D eigenvalue weighted by Crippen LogP contribution is -2.26. The summed E-state index contributed by atoms with van der Waals surface area (Å²) in [4.78, 5) is 21.3. The van der Waals surface area contributed by atoms with Crippen LogP contribution in [-0.2, 0) is 4.79 Å². The monoisotopic (exact) mass is 267 g/mol. The number of aromatic nitrogens is 2. The van der Waals surface area contributed by atoms with Gasteiger partial charge in [0.05, 0.1) is 0 Å². The molecule has 7 nitrogen and oxygen atoms in total. The first kappa shape index (κ1) is 15.2. The molecule has 0 spiro atoms. The summed E-state index contributed by atoms with van der Waals surface area (Å²) in [6, 6.07) is 1.02. The fraction of sp³-hybridized carbons (Fsp3) is 0.583. The predicted molar refractivity (Wildman–Crippen MR) is 74.5 cm³/mol. The van der Waals surface area contributed by atoms with Crippen molar-refractivity contribution >= 4 is 17.6 Å². The van der Waals surface area contributed by atoms with Crippen molar-refractivity contribution in [2.75, 3.05) is 37.8 Å². The van der Waals surface area contributed by atoms with Crippen LogP contribution in [0.25, 0.3) is 0 Å². The molecule has 1 heterocycles. The van der Waals surface area contributed by atoms with Gasteiger partial charge in [0.2, 0.25) is 0 Å². The van der Waals surface area contributed by atoms with Crippen LogP contribution in [0, 0.1) is 6.92 Å². The molecule has 1 aromatic heterocycles. The fourth-order valence-electron chi connectivity index (χ4n) is 1.42. The highest BCUT2D eigenvalue weighted by Crippen LogP contribution is 2.12. The molecule has 0 radical (unpaired) electrons. The van der Waals surface area contributed by atoms with E-state index in [1.165, 1.54) is 0 Å². The molecule has 7 heteroatoms. The summed E-state index contributed by atoms with van der Waals surface area (Å²) in [6.07, 6.45) is 0. The molecule has 0 bridgehead atoms. The topological polar surface area (TPSA) is 90.4 Å². The molecule has 0 aliphatic rings. The van der Waals surface area contributed by atoms with Crippen LogP contribution in [0.2, 0.25) is 0 Å². The van der Waals surface area contributed by atoms with E-state index in [9.17, 15) is 4.79 Å². The van der Waals surface area contributed by atoms with E-state index in [0.29, 0.717) is 17.5 Å². The number of hydrogen-bond acceptors (Lipinski definition) is 6. The Morgan fingerprint density at radius 1 is 1.42 bits per heavy atom. The number of aryl methyl sites for hydroxylation is 1. The number of aliphatic carboxylic acids is 1. The number of hydrogen-bond donors (Lipinski definition) is 3. The molecular weight excluding hydrogens is 246 g/mol. The van der Waals surface area contributed by atoms with Gasteiger partial charge in [-0.05, 0) is 27.9 Å². The zero-order valence-electron chi connectivity index (χ0n) is 11.8. The van der Waals surface area contributed by atoms with Crippen LogP contribution in [-0.4, -0.2) is 59.2 Å². The summed E-state index contributed by atoms with van der Waals surface area (Å²) >= 11 is 0. The van der Waals surface area contributed by atoms with E-state index in [1.807, 2.05) is 14.1 Å². The van der Waals surface area contributed by atoms with Crippen molar-refractivity contribution in [1.82, 2.24) is 14.9 Å². The number of rotatable bonds is 7. The smallest absolute Gasteiger partial charge is 0.325 e. The van der Waals surface area contributed by atoms with Crippen molar-refractivity contribution in [3.8, 4) is 0 Å². The van der Waals surface area contributed by atoms with E-state index in [1.54, 1.807) is 19.9 Å². The van der Waals surface area contributed by atoms with E-state index in [2.05, 4.69) is 25.5 Å². The van der Waals surface area contributed by atoms with Gasteiger partial charge < -0.3 is 20.6 Å². The number of likely N-dealkylation sites (N-methyl/N-ethyl adjacent to an activating group) is 1. The van der Waals surface area contributed by atoms with Gasteiger partial charge >= 0.3 is 5.97 Å². The lowest BCUT2D eigenvalue weighted by Gasteiger charge is -2.14. The van der Waals surface area contributed by atoms with E-state index < -0.39 is 12.0 Å². The minimum Gasteiger partial charge on any atom is -0.480 e. The normalized spacial score (nSPS) is 12.3. The maximum Gasteiger partial charge on any atom is 0.325 e. The summed E-state index contributed by atoms with van der Waals surface area (Å²) in [5.74, 6) is 0.873. The molecule has 3 N–H and O–H groups in total. The molecule has 0 saturated carbocycles. The molecule has 1 unspecified atom stereocenters. The van der Waals surface area contributed by atoms with Crippen LogP contribution in [0.5, 0.6) is 0 Å². The van der Waals surface area contributed by atoms with E-state index in [0.717, 1.165) is 13.1 Å². The highest BCUT2D eigenvalue weighted by atomic mass is 16.4. The van der Waals surface area contributed by atoms with Crippen molar-refractivity contribution in [3.05, 3.63) is 11.9 Å². The quantitative estimate of drug-likeness (QED) is 0.668. The number of carboxylic acids is 1. The molecular formula is C12H21N5O2. The summed E-state index contributed by atoms with van der Waals surface area (Å²) in [7, 11) is 3.99.